The van der Waals surface area contributed by atoms with E-state index in [0.717, 1.165) is 25.9 Å². The predicted molar refractivity (Wildman–Crippen MR) is 78.0 cm³/mol. The molecule has 1 atom stereocenters. The standard InChI is InChI=1S/C15H20N4O/c16-8-12-3-1-5-14(7-12)18-15(20)11-19-6-2-4-13(9-17)10-19/h1,3,5,7,13H,2,4,6,9-11,17H2,(H,18,20). The van der Waals surface area contributed by atoms with Crippen LogP contribution in [0.1, 0.15) is 18.4 Å². The first-order valence-electron chi connectivity index (χ1n) is 6.93. The molecule has 5 heteroatoms. The fraction of sp³-hybridized carbons (Fsp3) is 0.467. The zero-order valence-corrected chi connectivity index (χ0v) is 11.5. The number of hydrogen-bond donors (Lipinski definition) is 2. The Morgan fingerprint density at radius 3 is 3.15 bits per heavy atom. The van der Waals surface area contributed by atoms with Crippen LogP contribution >= 0.6 is 0 Å². The van der Waals surface area contributed by atoms with Crippen molar-refractivity contribution in [2.75, 3.05) is 31.5 Å². The fourth-order valence-electron chi connectivity index (χ4n) is 2.56. The fourth-order valence-corrected chi connectivity index (χ4v) is 2.56. The van der Waals surface area contributed by atoms with Crippen LogP contribution < -0.4 is 11.1 Å². The number of nitrogens with zero attached hydrogens (tertiary/aromatic N) is 2. The minimum Gasteiger partial charge on any atom is -0.330 e. The minimum absolute atomic E-state index is 0.0437. The SMILES string of the molecule is N#Cc1cccc(NC(=O)CN2CCCC(CN)C2)c1. The Bertz CT molecular complexity index is 509. The molecule has 1 aliphatic heterocycles. The molecule has 0 aromatic heterocycles. The molecule has 2 rings (SSSR count). The number of carbonyl (C=O) groups excluding carboxylic acids is 1. The van der Waals surface area contributed by atoms with Crippen LogP contribution in [0.3, 0.4) is 0 Å². The maximum Gasteiger partial charge on any atom is 0.238 e. The number of piperidine rings is 1. The molecule has 1 amide bonds. The third-order valence-electron chi connectivity index (χ3n) is 3.58. The molecule has 0 bridgehead atoms. The van der Waals surface area contributed by atoms with E-state index in [0.29, 0.717) is 30.3 Å². The molecule has 1 fully saturated rings. The zero-order chi connectivity index (χ0) is 14.4. The van der Waals surface area contributed by atoms with Gasteiger partial charge in [-0.25, -0.2) is 0 Å². The maximum absolute atomic E-state index is 12.0. The summed E-state index contributed by atoms with van der Waals surface area (Å²) in [6.45, 7) is 2.90. The molecule has 0 aliphatic carbocycles. The van der Waals surface area contributed by atoms with E-state index in [1.807, 2.05) is 0 Å². The summed E-state index contributed by atoms with van der Waals surface area (Å²) < 4.78 is 0. The first kappa shape index (κ1) is 14.5. The highest BCUT2D eigenvalue weighted by Crippen LogP contribution is 2.15. The molecule has 106 valence electrons. The van der Waals surface area contributed by atoms with Gasteiger partial charge in [-0.2, -0.15) is 5.26 Å². The van der Waals surface area contributed by atoms with Crippen molar-refractivity contribution < 1.29 is 4.79 Å². The molecule has 0 radical (unpaired) electrons. The van der Waals surface area contributed by atoms with Crippen LogP contribution in [-0.4, -0.2) is 37.0 Å². The van der Waals surface area contributed by atoms with Crippen LogP contribution in [0.2, 0.25) is 0 Å². The Kier molecular flexibility index (Phi) is 5.10. The summed E-state index contributed by atoms with van der Waals surface area (Å²) in [6.07, 6.45) is 2.25. The molecule has 20 heavy (non-hydrogen) atoms. The minimum atomic E-state index is -0.0437. The normalized spacial score (nSPS) is 19.3. The highest BCUT2D eigenvalue weighted by molar-refractivity contribution is 5.92. The summed E-state index contributed by atoms with van der Waals surface area (Å²) in [5.41, 5.74) is 6.91. The lowest BCUT2D eigenvalue weighted by Gasteiger charge is -2.31. The second-order valence-corrected chi connectivity index (χ2v) is 5.22. The number of nitriles is 1. The van der Waals surface area contributed by atoms with Gasteiger partial charge in [0, 0.05) is 12.2 Å². The average molecular weight is 272 g/mol. The van der Waals surface area contributed by atoms with Crippen molar-refractivity contribution in [3.05, 3.63) is 29.8 Å². The van der Waals surface area contributed by atoms with Gasteiger partial charge in [0.2, 0.25) is 5.91 Å². The van der Waals surface area contributed by atoms with Gasteiger partial charge in [0.25, 0.3) is 0 Å². The van der Waals surface area contributed by atoms with E-state index < -0.39 is 0 Å². The van der Waals surface area contributed by atoms with Crippen molar-refractivity contribution >= 4 is 11.6 Å². The van der Waals surface area contributed by atoms with Gasteiger partial charge in [-0.1, -0.05) is 6.07 Å². The van der Waals surface area contributed by atoms with Crippen molar-refractivity contribution in [3.63, 3.8) is 0 Å². The van der Waals surface area contributed by atoms with Crippen LogP contribution in [-0.2, 0) is 4.79 Å². The van der Waals surface area contributed by atoms with Gasteiger partial charge in [-0.15, -0.1) is 0 Å². The number of nitrogens with two attached hydrogens (primary N) is 1. The molecule has 1 heterocycles. The van der Waals surface area contributed by atoms with Crippen LogP contribution in [0.4, 0.5) is 5.69 Å². The van der Waals surface area contributed by atoms with E-state index in [1.54, 1.807) is 24.3 Å². The molecule has 0 saturated carbocycles. The number of amides is 1. The smallest absolute Gasteiger partial charge is 0.238 e. The van der Waals surface area contributed by atoms with Crippen LogP contribution in [0.5, 0.6) is 0 Å². The summed E-state index contributed by atoms with van der Waals surface area (Å²) in [7, 11) is 0. The summed E-state index contributed by atoms with van der Waals surface area (Å²) in [5, 5.41) is 11.7. The molecule has 1 aromatic rings. The van der Waals surface area contributed by atoms with Crippen molar-refractivity contribution in [3.8, 4) is 6.07 Å². The van der Waals surface area contributed by atoms with Gasteiger partial charge in [0.05, 0.1) is 18.2 Å². The van der Waals surface area contributed by atoms with Crippen LogP contribution in [0, 0.1) is 17.2 Å². The lowest BCUT2D eigenvalue weighted by molar-refractivity contribution is -0.117. The number of nitrogens with one attached hydrogen (secondary N) is 1. The lowest BCUT2D eigenvalue weighted by Crippen LogP contribution is -2.42. The molecule has 5 nitrogen and oxygen atoms in total. The summed E-state index contributed by atoms with van der Waals surface area (Å²) in [5.74, 6) is 0.455. The van der Waals surface area contributed by atoms with Crippen LogP contribution in [0.25, 0.3) is 0 Å². The van der Waals surface area contributed by atoms with Gasteiger partial charge in [0.1, 0.15) is 0 Å². The van der Waals surface area contributed by atoms with Gasteiger partial charge >= 0.3 is 0 Å². The third-order valence-corrected chi connectivity index (χ3v) is 3.58. The third kappa shape index (κ3) is 4.05. The van der Waals surface area contributed by atoms with Crippen molar-refractivity contribution in [1.29, 1.82) is 5.26 Å². The molecular formula is C15H20N4O. The highest BCUT2D eigenvalue weighted by Gasteiger charge is 2.20. The number of likely N-dealkylation sites (tertiary alicyclic amines) is 1. The topological polar surface area (TPSA) is 82.2 Å². The number of anilines is 1. The quantitative estimate of drug-likeness (QED) is 0.862. The van der Waals surface area contributed by atoms with Gasteiger partial charge < -0.3 is 11.1 Å². The van der Waals surface area contributed by atoms with E-state index >= 15 is 0 Å². The number of benzene rings is 1. The van der Waals surface area contributed by atoms with Crippen molar-refractivity contribution in [2.45, 2.75) is 12.8 Å². The predicted octanol–water partition coefficient (Wildman–Crippen LogP) is 1.17. The molecule has 0 spiro atoms. The van der Waals surface area contributed by atoms with E-state index in [1.165, 1.54) is 0 Å². The Morgan fingerprint density at radius 1 is 1.55 bits per heavy atom. The number of carbonyl (C=O) groups is 1. The van der Waals surface area contributed by atoms with E-state index in [9.17, 15) is 4.79 Å². The Morgan fingerprint density at radius 2 is 2.40 bits per heavy atom. The number of rotatable bonds is 4. The monoisotopic (exact) mass is 272 g/mol. The van der Waals surface area contributed by atoms with Gasteiger partial charge in [0.15, 0.2) is 0 Å². The van der Waals surface area contributed by atoms with Gasteiger partial charge in [-0.3, -0.25) is 9.69 Å². The van der Waals surface area contributed by atoms with E-state index in [2.05, 4.69) is 16.3 Å². The number of hydrogen-bond acceptors (Lipinski definition) is 4. The zero-order valence-electron chi connectivity index (χ0n) is 11.5. The Hall–Kier alpha value is -1.90. The summed E-state index contributed by atoms with van der Waals surface area (Å²) in [6, 6.07) is 9.00. The maximum atomic E-state index is 12.0. The molecular weight excluding hydrogens is 252 g/mol. The molecule has 1 saturated heterocycles. The molecule has 1 aromatic carbocycles. The van der Waals surface area contributed by atoms with Crippen LogP contribution in [0.15, 0.2) is 24.3 Å². The van der Waals surface area contributed by atoms with E-state index in [-0.39, 0.29) is 5.91 Å². The average Bonchev–Trinajstić information content (AvgIpc) is 2.47. The molecule has 1 aliphatic rings. The van der Waals surface area contributed by atoms with Gasteiger partial charge in [-0.05, 0) is 50.0 Å². The largest absolute Gasteiger partial charge is 0.330 e. The summed E-state index contributed by atoms with van der Waals surface area (Å²) in [4.78, 5) is 14.2. The van der Waals surface area contributed by atoms with E-state index in [4.69, 9.17) is 11.0 Å². The first-order chi connectivity index (χ1) is 9.71. The second-order valence-electron chi connectivity index (χ2n) is 5.22. The second kappa shape index (κ2) is 7.04. The summed E-state index contributed by atoms with van der Waals surface area (Å²) >= 11 is 0. The highest BCUT2D eigenvalue weighted by atomic mass is 16.2. The van der Waals surface area contributed by atoms with Crippen molar-refractivity contribution in [2.24, 2.45) is 11.7 Å². The molecule has 1 unspecified atom stereocenters. The first-order valence-corrected chi connectivity index (χ1v) is 6.93. The molecule has 3 N–H and O–H groups in total. The Balaban J connectivity index is 1.87. The lowest BCUT2D eigenvalue weighted by atomic mass is 9.98. The van der Waals surface area contributed by atoms with Crippen molar-refractivity contribution in [1.82, 2.24) is 4.90 Å². The Labute approximate surface area is 119 Å².